The molecular weight excluding hydrogens is 1960 g/mol. The molecule has 46 heteroatoms. The zero-order valence-corrected chi connectivity index (χ0v) is 83.3. The van der Waals surface area contributed by atoms with Crippen molar-refractivity contribution < 1.29 is 169 Å². The molecule has 1 unspecified atom stereocenters. The van der Waals surface area contributed by atoms with E-state index in [0.717, 1.165) is 23.8 Å². The number of nitrogens with zero attached hydrogens (tertiary/aromatic N) is 2. The van der Waals surface area contributed by atoms with E-state index in [1.54, 1.807) is 38.7 Å². The van der Waals surface area contributed by atoms with E-state index in [1.807, 2.05) is 43.4 Å². The minimum atomic E-state index is -2.23. The van der Waals surface area contributed by atoms with Gasteiger partial charge < -0.3 is 141 Å². The van der Waals surface area contributed by atoms with Crippen LogP contribution >= 0.6 is 55.9 Å². The molecule has 0 aromatic heterocycles. The predicted molar refractivity (Wildman–Crippen MR) is 499 cm³/mol. The van der Waals surface area contributed by atoms with Gasteiger partial charge >= 0.3 is 6.09 Å². The van der Waals surface area contributed by atoms with Gasteiger partial charge in [-0.2, -0.15) is 5.48 Å². The molecule has 5 aliphatic heterocycles. The highest BCUT2D eigenvalue weighted by molar-refractivity contribution is 14.1. The lowest BCUT2D eigenvalue weighted by Crippen LogP contribution is -2.65. The van der Waals surface area contributed by atoms with Crippen LogP contribution < -0.4 is 41.0 Å². The largest absolute Gasteiger partial charge is 0.492 e. The van der Waals surface area contributed by atoms with E-state index in [4.69, 9.17) is 94.8 Å². The van der Waals surface area contributed by atoms with Crippen molar-refractivity contribution in [2.45, 2.75) is 214 Å². The lowest BCUT2D eigenvalue weighted by Gasteiger charge is -2.47. The molecule has 0 saturated carbocycles. The van der Waals surface area contributed by atoms with Gasteiger partial charge in [-0.25, -0.2) is 4.79 Å². The van der Waals surface area contributed by atoms with Gasteiger partial charge in [0.2, 0.25) is 40.8 Å². The van der Waals surface area contributed by atoms with Crippen LogP contribution in [0.15, 0.2) is 47.2 Å². The Hall–Kier alpha value is -6.81. The van der Waals surface area contributed by atoms with Crippen molar-refractivity contribution in [2.24, 2.45) is 5.92 Å². The molecule has 0 spiro atoms. The van der Waals surface area contributed by atoms with E-state index in [9.17, 15) is 73.8 Å². The number of hydrogen-bond donors (Lipinski definition) is 11. The highest BCUT2D eigenvalue weighted by atomic mass is 127. The van der Waals surface area contributed by atoms with Crippen LogP contribution in [-0.2, 0) is 114 Å². The van der Waals surface area contributed by atoms with Crippen molar-refractivity contribution in [1.29, 1.82) is 0 Å². The number of amides is 7. The summed E-state index contributed by atoms with van der Waals surface area (Å²) in [6, 6.07) is -1.76. The fourth-order valence-electron chi connectivity index (χ4n) is 15.2. The Morgan fingerprint density at radius 2 is 1.26 bits per heavy atom. The highest BCUT2D eigenvalue weighted by Crippen LogP contribution is 2.50. The number of carbonyl (C=O) groups is 9. The summed E-state index contributed by atoms with van der Waals surface area (Å²) < 4.78 is 111. The summed E-state index contributed by atoms with van der Waals surface area (Å²) in [5.41, 5.74) is 0.645. The number of nitrogens with one attached hydrogen (secondary N) is 5. The van der Waals surface area contributed by atoms with Gasteiger partial charge in [0.05, 0.1) is 215 Å². The molecule has 136 heavy (non-hydrogen) atoms. The fourth-order valence-corrected chi connectivity index (χ4v) is 19.4. The smallest absolute Gasteiger partial charge is 0.411 e. The number of carbonyl (C=O) groups excluding carboxylic acids is 9. The average molecular weight is 2100 g/mol. The minimum absolute atomic E-state index is 0.0165. The number of benzene rings is 1. The second-order valence-electron chi connectivity index (χ2n) is 32.6. The predicted octanol–water partition coefficient (Wildman–Crippen LogP) is 1.52. The SMILES string of the molecule is CCN(C(C)=O)[C@H]1CO[C@@H](O[C@H]2[C@H](O[C@H]3C#C/C=C\C#CC4(O)CC(=O)C(NC(=O)OC)=C3/C4=C\CSSC(C)(C)CCC(=O)NCCNC(=O)CCOCCOCCOCCOCCOCCOCCOCCOCCNC(=O)CCN3C(=O)C=CC3=O)O[C@H](C)[C@@H](NO[C@H]3C[C@H](O)[C@H](SC(=O)c4c(C)c(I)c(O[C@@H]5O[C@@H](C)[C@H](O)[C@@H](CO)[C@H]5O)c(OC)c4OC)[C@@H](C)O3)[C@@H]2O)C[C@@H]1OC. The Morgan fingerprint density at radius 1 is 0.684 bits per heavy atom. The van der Waals surface area contributed by atoms with E-state index in [2.05, 4.69) is 50.4 Å². The number of fused-ring (bicyclic) bond motifs is 2. The number of methoxy groups -OCH3 is 4. The van der Waals surface area contributed by atoms with E-state index < -0.39 is 162 Å². The van der Waals surface area contributed by atoms with Gasteiger partial charge in [0, 0.05) is 119 Å². The second kappa shape index (κ2) is 59.2. The zero-order valence-electron chi connectivity index (χ0n) is 78.7. The van der Waals surface area contributed by atoms with Crippen LogP contribution in [0.25, 0.3) is 0 Å². The Morgan fingerprint density at radius 3 is 1.83 bits per heavy atom. The van der Waals surface area contributed by atoms with Crippen molar-refractivity contribution in [3.63, 3.8) is 0 Å². The maximum absolute atomic E-state index is 14.6. The summed E-state index contributed by atoms with van der Waals surface area (Å²) in [5, 5.41) is 78.6. The van der Waals surface area contributed by atoms with Crippen LogP contribution in [0, 0.1) is 40.1 Å². The number of rotatable bonds is 58. The summed E-state index contributed by atoms with van der Waals surface area (Å²) in [6.07, 6.45) is -12.1. The number of allylic oxidation sites excluding steroid dienone is 3. The van der Waals surface area contributed by atoms with Gasteiger partial charge in [-0.05, 0) is 95.2 Å². The van der Waals surface area contributed by atoms with E-state index in [-0.39, 0.29) is 147 Å². The van der Waals surface area contributed by atoms with Gasteiger partial charge in [0.15, 0.2) is 41.8 Å². The summed E-state index contributed by atoms with van der Waals surface area (Å²) in [4.78, 5) is 125. The normalized spacial score (nSPS) is 27.2. The molecule has 762 valence electrons. The van der Waals surface area contributed by atoms with Crippen LogP contribution in [0.1, 0.15) is 109 Å². The molecule has 4 fully saturated rings. The molecule has 42 nitrogen and oxygen atoms in total. The van der Waals surface area contributed by atoms with Gasteiger partial charge in [-0.1, -0.05) is 63.1 Å². The molecule has 19 atom stereocenters. The summed E-state index contributed by atoms with van der Waals surface area (Å²) in [5.74, 6) is 8.02. The molecule has 1 aromatic rings. The molecule has 11 N–H and O–H groups in total. The molecule has 2 bridgehead atoms. The van der Waals surface area contributed by atoms with Crippen LogP contribution in [0.2, 0.25) is 0 Å². The third-order valence-corrected chi connectivity index (χ3v) is 28.4. The number of aliphatic hydroxyl groups is 6. The first-order chi connectivity index (χ1) is 65.2. The number of hydroxylamine groups is 1. The lowest BCUT2D eigenvalue weighted by molar-refractivity contribution is -0.337. The Bertz CT molecular complexity index is 4310. The zero-order chi connectivity index (χ0) is 99.0. The number of ether oxygens (including phenoxy) is 19. The average Bonchev–Trinajstić information content (AvgIpc) is 0.971. The molecule has 4 saturated heterocycles. The number of imide groups is 1. The molecule has 1 aromatic carbocycles. The van der Waals surface area contributed by atoms with Gasteiger partial charge in [-0.3, -0.25) is 53.4 Å². The minimum Gasteiger partial charge on any atom is -0.492 e. The Balaban J connectivity index is 0.773. The van der Waals surface area contributed by atoms with Gasteiger partial charge in [0.1, 0.15) is 24.4 Å². The molecular formula is C90H132IN7O35S3. The Kier molecular flexibility index (Phi) is 49.8. The first kappa shape index (κ1) is 114. The molecule has 0 radical (unpaired) electrons. The molecule has 7 amide bonds. The number of halogens is 1. The Labute approximate surface area is 817 Å². The monoisotopic (exact) mass is 2090 g/mol. The van der Waals surface area contributed by atoms with E-state index in [1.165, 1.54) is 74.1 Å². The number of likely N-dealkylation sites (N-methyl/N-ethyl adjacent to an activating group) is 1. The topological polar surface area (TPSA) is 526 Å². The number of hydrogen-bond acceptors (Lipinski definition) is 39. The number of Topliss-reactive ketones (excluding diaryl/α,β-unsaturated/α-hetero) is 1. The van der Waals surface area contributed by atoms with Gasteiger partial charge in [0.25, 0.3) is 11.8 Å². The highest BCUT2D eigenvalue weighted by Gasteiger charge is 2.53. The molecule has 7 aliphatic rings. The van der Waals surface area contributed by atoms with Crippen molar-refractivity contribution in [2.75, 3.05) is 186 Å². The van der Waals surface area contributed by atoms with Crippen LogP contribution in [0.4, 0.5) is 4.79 Å². The van der Waals surface area contributed by atoms with Crippen molar-refractivity contribution in [1.82, 2.24) is 36.5 Å². The number of aliphatic hydroxyl groups excluding tert-OH is 5. The first-order valence-electron chi connectivity index (χ1n) is 45.0. The second-order valence-corrected chi connectivity index (χ2v) is 37.9. The maximum atomic E-state index is 14.6. The van der Waals surface area contributed by atoms with Crippen molar-refractivity contribution >= 4 is 108 Å². The maximum Gasteiger partial charge on any atom is 0.411 e. The van der Waals surface area contributed by atoms with Crippen LogP contribution in [0.3, 0.4) is 0 Å². The lowest BCUT2D eigenvalue weighted by atomic mass is 9.75. The fraction of sp³-hybridized carbons (Fsp3) is 0.700. The van der Waals surface area contributed by atoms with Crippen molar-refractivity contribution in [3.05, 3.63) is 61.9 Å². The van der Waals surface area contributed by atoms with Crippen molar-refractivity contribution in [3.8, 4) is 40.9 Å². The van der Waals surface area contributed by atoms with Crippen LogP contribution in [-0.4, -0.2) is 393 Å². The standard InChI is InChI=1S/C90H132IN7O35S3/c1-13-97(57(6)100)60-52-126-70(49-64(60)114-9)131-82-79(110)75(96-133-71-48-61(101)84(56(5)127-71)135-85(111)72-53(2)74(91)81(83(116-11)80(72)115-10)132-86-78(109)58(51-99)77(108)55(4)129-86)54(3)128-87(82)130-63-18-16-14-15-17-25-90(113)50-62(102)76(95-88(112)117-12)73(63)59(90)24-47-134-136-89(7,8)26-21-65(103)92-27-28-93-67(105)23-31-118-33-35-120-37-39-122-41-43-124-45-46-125-44-42-123-40-38-121-36-34-119-32-29-94-66(104)22-30-98-68(106)19-20-69(98)107/h14-15,19-20,24,54-56,58,60-61,63-64,70-71,75,77-79,82,84,86-87,96,99,101,108-110,113H,13,21-23,26-52H2,1-12H3,(H,92,103)(H,93,105)(H,94,104)(H,95,112)/b15-14-,59-24+/t54-,55+,56-,58-,60+,61+,63+,64+,70+,71+,75-,77+,78-,79+,82-,84-,86+,87+,90?/m1/s1. The van der Waals surface area contributed by atoms with E-state index >= 15 is 0 Å². The quantitative estimate of drug-likeness (QED) is 0.0110. The molecule has 2 aliphatic carbocycles. The molecule has 5 heterocycles. The third-order valence-electron chi connectivity index (χ3n) is 22.6. The van der Waals surface area contributed by atoms with Gasteiger partial charge in [-0.15, -0.1) is 0 Å². The number of ketones is 1. The summed E-state index contributed by atoms with van der Waals surface area (Å²) >= 11 is 2.74. The third kappa shape index (κ3) is 34.8. The van der Waals surface area contributed by atoms with E-state index in [0.29, 0.717) is 115 Å². The summed E-state index contributed by atoms with van der Waals surface area (Å²) in [6.45, 7) is 19.5. The first-order valence-corrected chi connectivity index (χ1v) is 49.3. The number of alkyl carbamates (subject to hydrolysis) is 1. The van der Waals surface area contributed by atoms with Crippen LogP contribution in [0.5, 0.6) is 17.2 Å². The number of thioether (sulfide) groups is 1. The molecule has 8 rings (SSSR count). The summed E-state index contributed by atoms with van der Waals surface area (Å²) in [7, 11) is 8.04.